The van der Waals surface area contributed by atoms with Crippen LogP contribution in [0.1, 0.15) is 90.4 Å². The molecule has 0 fully saturated rings. The van der Waals surface area contributed by atoms with Crippen molar-refractivity contribution >= 4 is 47.3 Å². The highest BCUT2D eigenvalue weighted by molar-refractivity contribution is 6.12. The van der Waals surface area contributed by atoms with Crippen LogP contribution in [-0.2, 0) is 44.9 Å². The third-order valence-corrected chi connectivity index (χ3v) is 10.9. The van der Waals surface area contributed by atoms with E-state index in [1.54, 1.807) is 12.3 Å². The Morgan fingerprint density at radius 2 is 1.47 bits per heavy atom. The number of halogens is 2. The summed E-state index contributed by atoms with van der Waals surface area (Å²) < 4.78 is 31.4. The zero-order chi connectivity index (χ0) is 48.7. The number of primary amides is 1. The van der Waals surface area contributed by atoms with E-state index < -0.39 is 89.7 Å². The molecule has 0 saturated heterocycles. The lowest BCUT2D eigenvalue weighted by atomic mass is 9.83. The summed E-state index contributed by atoms with van der Waals surface area (Å²) in [5.74, 6) is -6.27. The zero-order valence-corrected chi connectivity index (χ0v) is 37.9. The minimum atomic E-state index is -1.44. The van der Waals surface area contributed by atoms with Crippen LogP contribution >= 0.6 is 0 Å². The van der Waals surface area contributed by atoms with Gasteiger partial charge < -0.3 is 41.6 Å². The topological polar surface area (TPSA) is 242 Å². The Bertz CT molecular complexity index is 2260. The molecule has 4 atom stereocenters. The van der Waals surface area contributed by atoms with Gasteiger partial charge in [-0.2, -0.15) is 0 Å². The lowest BCUT2D eigenvalue weighted by Gasteiger charge is -2.41. The van der Waals surface area contributed by atoms with E-state index in [1.807, 2.05) is 55.7 Å². The van der Waals surface area contributed by atoms with Gasteiger partial charge in [0, 0.05) is 67.8 Å². The molecule has 0 aliphatic carbocycles. The van der Waals surface area contributed by atoms with E-state index in [1.165, 1.54) is 30.9 Å². The summed E-state index contributed by atoms with van der Waals surface area (Å²) in [7, 11) is 0. The molecular formula is C47H60F2N8O9. The number of carbonyl (C=O) groups is 8. The number of hydrogen-bond acceptors (Lipinski definition) is 9. The molecule has 0 bridgehead atoms. The van der Waals surface area contributed by atoms with Gasteiger partial charge in [0.25, 0.3) is 11.8 Å². The van der Waals surface area contributed by atoms with Crippen LogP contribution in [0.25, 0.3) is 11.1 Å². The van der Waals surface area contributed by atoms with Crippen molar-refractivity contribution in [3.8, 4) is 11.1 Å². The Morgan fingerprint density at radius 1 is 0.818 bits per heavy atom. The van der Waals surface area contributed by atoms with Crippen molar-refractivity contribution in [2.24, 2.45) is 11.1 Å². The Labute approximate surface area is 382 Å². The van der Waals surface area contributed by atoms with E-state index in [0.29, 0.717) is 37.1 Å². The maximum absolute atomic E-state index is 15.1. The molecule has 2 heterocycles. The van der Waals surface area contributed by atoms with Crippen LogP contribution in [0.5, 0.6) is 0 Å². The second kappa shape index (κ2) is 24.0. The van der Waals surface area contributed by atoms with Crippen molar-refractivity contribution in [2.75, 3.05) is 26.2 Å². The van der Waals surface area contributed by atoms with Gasteiger partial charge in [0.2, 0.25) is 35.4 Å². The second-order valence-electron chi connectivity index (χ2n) is 17.3. The molecule has 7 N–H and O–H groups in total. The molecule has 0 spiro atoms. The predicted octanol–water partition coefficient (Wildman–Crippen LogP) is 2.75. The highest BCUT2D eigenvalue weighted by atomic mass is 19.1. The van der Waals surface area contributed by atoms with E-state index in [0.717, 1.165) is 28.7 Å². The van der Waals surface area contributed by atoms with Crippen LogP contribution in [-0.4, -0.2) is 111 Å². The van der Waals surface area contributed by atoms with Crippen molar-refractivity contribution in [1.82, 2.24) is 35.6 Å². The predicted molar refractivity (Wildman–Crippen MR) is 239 cm³/mol. The summed E-state index contributed by atoms with van der Waals surface area (Å²) >= 11 is 0. The third kappa shape index (κ3) is 14.9. The van der Waals surface area contributed by atoms with Gasteiger partial charge in [-0.25, -0.2) is 8.78 Å². The van der Waals surface area contributed by atoms with Gasteiger partial charge in [0.1, 0.15) is 36.4 Å². The van der Waals surface area contributed by atoms with E-state index in [9.17, 15) is 47.9 Å². The maximum Gasteiger partial charge on any atom is 0.253 e. The molecule has 1 aromatic heterocycles. The number of imide groups is 1. The average molecular weight is 919 g/mol. The number of nitrogens with zero attached hydrogens (tertiary/aromatic N) is 3. The molecule has 1 aliphatic heterocycles. The Kier molecular flexibility index (Phi) is 18.8. The fourth-order valence-corrected chi connectivity index (χ4v) is 7.56. The first kappa shape index (κ1) is 51.9. The first-order valence-electron chi connectivity index (χ1n) is 21.8. The van der Waals surface area contributed by atoms with Crippen LogP contribution in [0.2, 0.25) is 0 Å². The summed E-state index contributed by atoms with van der Waals surface area (Å²) in [4.78, 5) is 103. The van der Waals surface area contributed by atoms with Crippen LogP contribution < -0.4 is 27.0 Å². The third-order valence-electron chi connectivity index (χ3n) is 10.9. The number of aromatic nitrogens is 1. The first-order chi connectivity index (χ1) is 31.2. The highest BCUT2D eigenvalue weighted by Crippen LogP contribution is 2.41. The molecule has 0 unspecified atom stereocenters. The summed E-state index contributed by atoms with van der Waals surface area (Å²) in [5.41, 5.74) is 6.60. The molecule has 356 valence electrons. The summed E-state index contributed by atoms with van der Waals surface area (Å²) in [6, 6.07) is 9.85. The van der Waals surface area contributed by atoms with E-state index >= 15 is 4.39 Å². The number of aliphatic hydroxyl groups excluding tert-OH is 1. The van der Waals surface area contributed by atoms with Crippen molar-refractivity contribution in [3.63, 3.8) is 0 Å². The van der Waals surface area contributed by atoms with E-state index in [2.05, 4.69) is 21.3 Å². The Morgan fingerprint density at radius 3 is 2.11 bits per heavy atom. The maximum atomic E-state index is 15.1. The lowest BCUT2D eigenvalue weighted by molar-refractivity contribution is -0.140. The highest BCUT2D eigenvalue weighted by Gasteiger charge is 2.37. The molecule has 3 aromatic rings. The van der Waals surface area contributed by atoms with Crippen LogP contribution in [0.3, 0.4) is 0 Å². The number of unbranched alkanes of at least 4 members (excludes halogenated alkanes) is 2. The lowest BCUT2D eigenvalue weighted by Crippen LogP contribution is -2.56. The molecule has 0 saturated carbocycles. The van der Waals surface area contributed by atoms with Gasteiger partial charge in [-0.1, -0.05) is 57.5 Å². The second-order valence-corrected chi connectivity index (χ2v) is 17.3. The largest absolute Gasteiger partial charge is 0.387 e. The molecule has 17 nitrogen and oxygen atoms in total. The SMILES string of the molecule is C[C@H](NC(=O)CCCCCN1C(=O)C=CC1=O)C(=O)N[C@H](C)C(=O)N[C@@H](CC(N)=O)C(=O)NCCCN(C(=O)CO)[C@@H](c1cc(-c2cc(F)ccc2F)cn1Cc1ccccc1)C(C)(C)C. The summed E-state index contributed by atoms with van der Waals surface area (Å²) in [6.45, 7) is 8.11. The molecule has 2 aromatic carbocycles. The smallest absolute Gasteiger partial charge is 0.253 e. The molecule has 4 rings (SSSR count). The molecule has 66 heavy (non-hydrogen) atoms. The van der Waals surface area contributed by atoms with E-state index in [4.69, 9.17) is 5.73 Å². The molecule has 0 radical (unpaired) electrons. The van der Waals surface area contributed by atoms with Gasteiger partial charge in [0.05, 0.1) is 12.5 Å². The van der Waals surface area contributed by atoms with Gasteiger partial charge in [-0.3, -0.25) is 43.3 Å². The number of carbonyl (C=O) groups excluding carboxylic acids is 8. The van der Waals surface area contributed by atoms with E-state index in [-0.39, 0.29) is 49.9 Å². The number of benzene rings is 2. The minimum absolute atomic E-state index is 0.00735. The van der Waals surface area contributed by atoms with Crippen molar-refractivity contribution in [1.29, 1.82) is 0 Å². The summed E-state index contributed by atoms with van der Waals surface area (Å²) in [6.07, 6.45) is 5.22. The van der Waals surface area contributed by atoms with Crippen molar-refractivity contribution < 1.29 is 52.2 Å². The quantitative estimate of drug-likeness (QED) is 0.0571. The molecular weight excluding hydrogens is 859 g/mol. The van der Waals surface area contributed by atoms with Crippen LogP contribution in [0.4, 0.5) is 8.78 Å². The van der Waals surface area contributed by atoms with Gasteiger partial charge in [-0.15, -0.1) is 0 Å². The number of nitrogens with one attached hydrogen (secondary N) is 4. The Hall–Kier alpha value is -6.76. The number of hydrogen-bond donors (Lipinski definition) is 6. The molecule has 19 heteroatoms. The standard InChI is InChI=1S/C47H60F2N8O9/c1-29(52-39(60)15-10-7-11-21-56-40(61)18-19-41(56)62)44(64)53-30(2)45(65)54-36(25-38(50)59)46(66)51-20-12-22-57(42(63)28-58)43(47(3,4)5)37-23-32(34-24-33(48)16-17-35(34)49)27-55(37)26-31-13-8-6-9-14-31/h6,8-9,13-14,16-19,23-24,27,29-30,36,43,58H,7,10-12,15,20-22,25-26,28H2,1-5H3,(H2,50,59)(H,51,66)(H,52,60)(H,53,64)(H,54,65)/t29-,30+,36-,43-/m0/s1. The fourth-order valence-electron chi connectivity index (χ4n) is 7.56. The Balaban J connectivity index is 1.37. The first-order valence-corrected chi connectivity index (χ1v) is 21.8. The monoisotopic (exact) mass is 918 g/mol. The number of aliphatic hydroxyl groups is 1. The summed E-state index contributed by atoms with van der Waals surface area (Å²) in [5, 5.41) is 20.3. The zero-order valence-electron chi connectivity index (χ0n) is 37.9. The normalized spacial score (nSPS) is 14.3. The van der Waals surface area contributed by atoms with Gasteiger partial charge in [0.15, 0.2) is 0 Å². The number of amides is 8. The number of rotatable bonds is 24. The van der Waals surface area contributed by atoms with Gasteiger partial charge in [-0.05, 0) is 68.4 Å². The average Bonchev–Trinajstić information content (AvgIpc) is 3.81. The number of nitrogens with two attached hydrogens (primary N) is 1. The van der Waals surface area contributed by atoms with Crippen molar-refractivity contribution in [2.45, 2.75) is 104 Å². The minimum Gasteiger partial charge on any atom is -0.387 e. The van der Waals surface area contributed by atoms with Gasteiger partial charge >= 0.3 is 0 Å². The van der Waals surface area contributed by atoms with Crippen molar-refractivity contribution in [3.05, 3.63) is 95.8 Å². The van der Waals surface area contributed by atoms with Crippen LogP contribution in [0.15, 0.2) is 72.9 Å². The molecule has 1 aliphatic rings. The fraction of sp³-hybridized carbons (Fsp3) is 0.447. The van der Waals surface area contributed by atoms with Crippen LogP contribution in [0, 0.1) is 17.0 Å². The molecule has 8 amide bonds.